The minimum absolute atomic E-state index is 0.00418. The lowest BCUT2D eigenvalue weighted by molar-refractivity contribution is -0.0238. The summed E-state index contributed by atoms with van der Waals surface area (Å²) in [4.78, 5) is 0. The van der Waals surface area contributed by atoms with Gasteiger partial charge < -0.3 is 105 Å². The number of rotatable bonds is 57. The molecule has 0 aromatic heterocycles. The Hall–Kier alpha value is -3.40. The molecule has 0 saturated carbocycles. The largest absolute Gasteiger partial charge is 0.493 e. The molecule has 0 radical (unpaired) electrons. The topological polar surface area (TPSA) is 225 Å². The zero-order valence-corrected chi connectivity index (χ0v) is 46.6. The normalized spacial score (nSPS) is 12.3. The Morgan fingerprint density at radius 1 is 0.289 bits per heavy atom. The van der Waals surface area contributed by atoms with Gasteiger partial charge in [0.25, 0.3) is 0 Å². The van der Waals surface area contributed by atoms with Crippen LogP contribution in [0, 0.1) is 11.8 Å². The Bertz CT molecular complexity index is 1560. The number of aliphatic hydroxyl groups is 2. The number of aliphatic hydroxyl groups excluding tert-OH is 2. The molecule has 0 fully saturated rings. The maximum absolute atomic E-state index is 8.71. The molecular formula is C54H94O22. The summed E-state index contributed by atoms with van der Waals surface area (Å²) < 4.78 is 113. The molecule has 0 aliphatic rings. The Labute approximate surface area is 452 Å². The van der Waals surface area contributed by atoms with Gasteiger partial charge in [-0.2, -0.15) is 0 Å². The maximum Gasteiger partial charge on any atom is 0.203 e. The van der Waals surface area contributed by atoms with Gasteiger partial charge in [-0.3, -0.25) is 0 Å². The van der Waals surface area contributed by atoms with Gasteiger partial charge in [-0.1, -0.05) is 0 Å². The van der Waals surface area contributed by atoms with Crippen LogP contribution in [0.2, 0.25) is 0 Å². The van der Waals surface area contributed by atoms with Crippen LogP contribution in [0.3, 0.4) is 0 Å². The summed E-state index contributed by atoms with van der Waals surface area (Å²) in [6.07, 6.45) is 2.98. The predicted octanol–water partition coefficient (Wildman–Crippen LogP) is 3.75. The summed E-state index contributed by atoms with van der Waals surface area (Å²) in [6, 6.07) is 7.99. The average Bonchev–Trinajstić information content (AvgIpc) is 3.44. The molecule has 0 unspecified atom stereocenters. The van der Waals surface area contributed by atoms with Gasteiger partial charge in [0.05, 0.1) is 234 Å². The molecule has 0 saturated heterocycles. The predicted molar refractivity (Wildman–Crippen MR) is 281 cm³/mol. The van der Waals surface area contributed by atoms with Crippen LogP contribution in [0.5, 0.6) is 34.5 Å². The Morgan fingerprint density at radius 3 is 0.776 bits per heavy atom. The highest BCUT2D eigenvalue weighted by atomic mass is 16.6. The van der Waals surface area contributed by atoms with Crippen LogP contribution in [-0.2, 0) is 79.2 Å². The summed E-state index contributed by atoms with van der Waals surface area (Å²) in [5.41, 5.74) is 2.04. The second-order valence-electron chi connectivity index (χ2n) is 16.6. The second-order valence-corrected chi connectivity index (χ2v) is 16.6. The van der Waals surface area contributed by atoms with Crippen molar-refractivity contribution in [1.29, 1.82) is 0 Å². The average molecular weight is 1100 g/mol. The molecule has 0 heterocycles. The van der Waals surface area contributed by atoms with E-state index in [0.717, 1.165) is 24.0 Å². The van der Waals surface area contributed by atoms with Gasteiger partial charge in [0.1, 0.15) is 0 Å². The van der Waals surface area contributed by atoms with E-state index in [4.69, 9.17) is 105 Å². The molecule has 76 heavy (non-hydrogen) atoms. The fourth-order valence-corrected chi connectivity index (χ4v) is 7.53. The van der Waals surface area contributed by atoms with Crippen LogP contribution in [0.25, 0.3) is 0 Å². The zero-order valence-electron chi connectivity index (χ0n) is 46.6. The fourth-order valence-electron chi connectivity index (χ4n) is 7.53. The molecule has 22 nitrogen and oxygen atoms in total. The monoisotopic (exact) mass is 1090 g/mol. The third-order valence-corrected chi connectivity index (χ3v) is 11.2. The molecule has 2 N–H and O–H groups in total. The molecule has 22 heteroatoms. The molecule has 0 amide bonds. The van der Waals surface area contributed by atoms with Crippen molar-refractivity contribution in [1.82, 2.24) is 0 Å². The molecule has 442 valence electrons. The Morgan fingerprint density at radius 2 is 0.526 bits per heavy atom. The highest BCUT2D eigenvalue weighted by molar-refractivity contribution is 5.55. The summed E-state index contributed by atoms with van der Waals surface area (Å²) in [5, 5.41) is 17.4. The lowest BCUT2D eigenvalue weighted by Crippen LogP contribution is -2.26. The van der Waals surface area contributed by atoms with Crippen molar-refractivity contribution in [3.05, 3.63) is 35.4 Å². The van der Waals surface area contributed by atoms with Gasteiger partial charge >= 0.3 is 0 Å². The highest BCUT2D eigenvalue weighted by Gasteiger charge is 2.26. The highest BCUT2D eigenvalue weighted by Crippen LogP contribution is 2.41. The second kappa shape index (κ2) is 49.9. The van der Waals surface area contributed by atoms with E-state index in [9.17, 15) is 0 Å². The van der Waals surface area contributed by atoms with E-state index in [0.29, 0.717) is 232 Å². The number of ether oxygens (including phenoxy) is 20. The molecule has 0 aliphatic carbocycles. The SMILES string of the molecule is COc1cc(C[C@H](CCCOCCOCCOCCOCCOCCOCCOCCO)[C@@H](COCCOCCOCCOCCOCCOCCOCCO)Cc2cc(OC)c(OC)c(OC)c2)cc(OC)c1OC. The van der Waals surface area contributed by atoms with Crippen LogP contribution in [-0.4, -0.2) is 251 Å². The molecule has 0 aliphatic heterocycles. The minimum atomic E-state index is 0.00418. The van der Waals surface area contributed by atoms with E-state index in [-0.39, 0.29) is 25.0 Å². The van der Waals surface area contributed by atoms with Gasteiger partial charge in [0.15, 0.2) is 23.0 Å². The smallest absolute Gasteiger partial charge is 0.203 e. The quantitative estimate of drug-likeness (QED) is 0.0900. The van der Waals surface area contributed by atoms with Crippen molar-refractivity contribution in [2.75, 3.05) is 241 Å². The van der Waals surface area contributed by atoms with Crippen LogP contribution in [0.4, 0.5) is 0 Å². The molecule has 2 atom stereocenters. The first-order valence-electron chi connectivity index (χ1n) is 26.4. The zero-order chi connectivity index (χ0) is 54.8. The molecule has 0 bridgehead atoms. The van der Waals surface area contributed by atoms with Crippen LogP contribution in [0.1, 0.15) is 24.0 Å². The van der Waals surface area contributed by atoms with E-state index >= 15 is 0 Å². The van der Waals surface area contributed by atoms with Crippen molar-refractivity contribution in [2.24, 2.45) is 11.8 Å². The first-order chi connectivity index (χ1) is 37.5. The van der Waals surface area contributed by atoms with Crippen LogP contribution >= 0.6 is 0 Å². The summed E-state index contributed by atoms with van der Waals surface area (Å²) in [6.45, 7) is 12.5. The number of methoxy groups -OCH3 is 6. The molecule has 2 rings (SSSR count). The summed E-state index contributed by atoms with van der Waals surface area (Å²) >= 11 is 0. The van der Waals surface area contributed by atoms with Gasteiger partial charge in [0.2, 0.25) is 11.5 Å². The van der Waals surface area contributed by atoms with Gasteiger partial charge in [-0.25, -0.2) is 0 Å². The Kier molecular flexibility index (Phi) is 45.1. The Balaban J connectivity index is 1.88. The van der Waals surface area contributed by atoms with Crippen LogP contribution < -0.4 is 28.4 Å². The van der Waals surface area contributed by atoms with Gasteiger partial charge in [-0.15, -0.1) is 0 Å². The molecule has 2 aromatic carbocycles. The third-order valence-electron chi connectivity index (χ3n) is 11.2. The van der Waals surface area contributed by atoms with Gasteiger partial charge in [-0.05, 0) is 72.9 Å². The third kappa shape index (κ3) is 33.8. The maximum atomic E-state index is 8.71. The molecule has 2 aromatic rings. The van der Waals surface area contributed by atoms with E-state index in [1.807, 2.05) is 24.3 Å². The molecule has 0 spiro atoms. The summed E-state index contributed by atoms with van der Waals surface area (Å²) in [7, 11) is 9.66. The lowest BCUT2D eigenvalue weighted by atomic mass is 9.80. The van der Waals surface area contributed by atoms with Gasteiger partial charge in [0, 0.05) is 6.61 Å². The minimum Gasteiger partial charge on any atom is -0.493 e. The van der Waals surface area contributed by atoms with Crippen molar-refractivity contribution < 1.29 is 105 Å². The van der Waals surface area contributed by atoms with Crippen molar-refractivity contribution in [3.63, 3.8) is 0 Å². The first kappa shape index (κ1) is 68.7. The van der Waals surface area contributed by atoms with Crippen molar-refractivity contribution in [2.45, 2.75) is 25.7 Å². The standard InChI is InChI=1S/C54H94O22/c1-57-49-40-45(41-50(58-2)53(49)61-5)38-47(8-7-11-63-14-17-66-20-23-69-26-29-72-30-27-70-24-21-67-18-15-64-12-9-55)48(39-46-42-51(59-3)54(62-6)52(43-46)60-4)44-76-37-36-75-35-34-74-33-32-73-31-28-71-25-22-68-19-16-65-13-10-56/h40-43,47-48,55-56H,7-39,44H2,1-6H3/t47-,48+/m0/s1. The number of hydrogen-bond acceptors (Lipinski definition) is 22. The fraction of sp³-hybridized carbons (Fsp3) is 0.778. The van der Waals surface area contributed by atoms with Crippen molar-refractivity contribution in [3.8, 4) is 34.5 Å². The first-order valence-corrected chi connectivity index (χ1v) is 26.4. The molecular weight excluding hydrogens is 1000 g/mol. The van der Waals surface area contributed by atoms with E-state index in [1.165, 1.54) is 0 Å². The van der Waals surface area contributed by atoms with Crippen LogP contribution in [0.15, 0.2) is 24.3 Å². The number of benzene rings is 2. The van der Waals surface area contributed by atoms with E-state index in [2.05, 4.69) is 0 Å². The van der Waals surface area contributed by atoms with E-state index in [1.54, 1.807) is 42.7 Å². The van der Waals surface area contributed by atoms with Crippen molar-refractivity contribution >= 4 is 0 Å². The summed E-state index contributed by atoms with van der Waals surface area (Å²) in [5.74, 6) is 3.55. The lowest BCUT2D eigenvalue weighted by Gasteiger charge is -2.29. The number of hydrogen-bond donors (Lipinski definition) is 2. The van der Waals surface area contributed by atoms with E-state index < -0.39 is 0 Å².